The van der Waals surface area contributed by atoms with Gasteiger partial charge < -0.3 is 10.1 Å². The first kappa shape index (κ1) is 15.5. The molecule has 1 aliphatic rings. The lowest BCUT2D eigenvalue weighted by Crippen LogP contribution is -2.38. The van der Waals surface area contributed by atoms with Gasteiger partial charge in [-0.15, -0.1) is 0 Å². The molecule has 112 valence electrons. The van der Waals surface area contributed by atoms with Crippen molar-refractivity contribution in [2.45, 2.75) is 12.5 Å². The van der Waals surface area contributed by atoms with Crippen molar-refractivity contribution in [2.75, 3.05) is 5.32 Å². The van der Waals surface area contributed by atoms with Crippen LogP contribution in [0.1, 0.15) is 15.9 Å². The number of anilines is 1. The van der Waals surface area contributed by atoms with Crippen LogP contribution in [0.15, 0.2) is 46.9 Å². The van der Waals surface area contributed by atoms with E-state index in [1.54, 1.807) is 12.1 Å². The highest BCUT2D eigenvalue weighted by Gasteiger charge is 2.31. The second-order valence-electron chi connectivity index (χ2n) is 4.90. The minimum atomic E-state index is -0.812. The molecule has 2 aromatic carbocycles. The Morgan fingerprint density at radius 2 is 1.95 bits per heavy atom. The van der Waals surface area contributed by atoms with Gasteiger partial charge in [-0.1, -0.05) is 15.9 Å². The van der Waals surface area contributed by atoms with E-state index in [0.717, 1.165) is 13.6 Å². The number of hydrogen-bond acceptors (Lipinski definition) is 3. The maximum Gasteiger partial charge on any atom is 0.339 e. The van der Waals surface area contributed by atoms with Gasteiger partial charge in [0, 0.05) is 20.2 Å². The lowest BCUT2D eigenvalue weighted by Gasteiger charge is -2.24. The van der Waals surface area contributed by atoms with Gasteiger partial charge in [0.1, 0.15) is 0 Å². The Morgan fingerprint density at radius 1 is 1.23 bits per heavy atom. The second-order valence-corrected chi connectivity index (χ2v) is 7.06. The summed E-state index contributed by atoms with van der Waals surface area (Å²) in [5, 5.41) is 2.77. The Bertz CT molecular complexity index is 746. The number of nitrogens with one attached hydrogen (secondary N) is 1. The molecule has 1 heterocycles. The van der Waals surface area contributed by atoms with E-state index in [2.05, 4.69) is 43.8 Å². The molecule has 0 radical (unpaired) electrons. The summed E-state index contributed by atoms with van der Waals surface area (Å²) in [6, 6.07) is 12.8. The number of halogens is 2. The van der Waals surface area contributed by atoms with E-state index >= 15 is 0 Å². The molecular formula is C16H11BrINO3. The first-order valence-electron chi connectivity index (χ1n) is 6.59. The Hall–Kier alpha value is -1.41. The smallest absolute Gasteiger partial charge is 0.339 e. The molecule has 0 spiro atoms. The van der Waals surface area contributed by atoms with Crippen LogP contribution >= 0.6 is 38.5 Å². The number of benzene rings is 2. The summed E-state index contributed by atoms with van der Waals surface area (Å²) in [7, 11) is 0. The van der Waals surface area contributed by atoms with Crippen molar-refractivity contribution < 1.29 is 14.3 Å². The van der Waals surface area contributed by atoms with Crippen LogP contribution in [-0.2, 0) is 16.0 Å². The minimum absolute atomic E-state index is 0.319. The molecule has 22 heavy (non-hydrogen) atoms. The Morgan fingerprint density at radius 3 is 2.68 bits per heavy atom. The van der Waals surface area contributed by atoms with Crippen molar-refractivity contribution in [1.29, 1.82) is 0 Å². The van der Waals surface area contributed by atoms with E-state index in [-0.39, 0.29) is 5.91 Å². The number of cyclic esters (lactones) is 1. The molecule has 3 rings (SSSR count). The Labute approximate surface area is 149 Å². The van der Waals surface area contributed by atoms with Gasteiger partial charge in [-0.25, -0.2) is 4.79 Å². The zero-order valence-electron chi connectivity index (χ0n) is 11.3. The maximum atomic E-state index is 12.3. The summed E-state index contributed by atoms with van der Waals surface area (Å²) >= 11 is 5.57. The third kappa shape index (κ3) is 3.33. The average Bonchev–Trinajstić information content (AvgIpc) is 2.49. The molecule has 0 saturated heterocycles. The van der Waals surface area contributed by atoms with E-state index in [0.29, 0.717) is 17.7 Å². The highest BCUT2D eigenvalue weighted by molar-refractivity contribution is 14.1. The molecule has 1 aliphatic heterocycles. The quantitative estimate of drug-likeness (QED) is 0.535. The molecule has 0 aliphatic carbocycles. The van der Waals surface area contributed by atoms with Gasteiger partial charge >= 0.3 is 5.97 Å². The number of esters is 1. The molecule has 0 bridgehead atoms. The number of rotatable bonds is 2. The van der Waals surface area contributed by atoms with Crippen LogP contribution in [0, 0.1) is 3.57 Å². The fourth-order valence-electron chi connectivity index (χ4n) is 2.27. The average molecular weight is 472 g/mol. The molecule has 6 heteroatoms. The van der Waals surface area contributed by atoms with Gasteiger partial charge in [0.15, 0.2) is 6.10 Å². The first-order valence-corrected chi connectivity index (χ1v) is 8.46. The summed E-state index contributed by atoms with van der Waals surface area (Å²) in [5.74, 6) is -0.781. The Kier molecular flexibility index (Phi) is 4.49. The third-order valence-corrected chi connectivity index (χ3v) is 4.56. The number of carbonyl (C=O) groups is 2. The molecule has 1 unspecified atom stereocenters. The van der Waals surface area contributed by atoms with E-state index in [9.17, 15) is 9.59 Å². The van der Waals surface area contributed by atoms with Crippen molar-refractivity contribution in [3.63, 3.8) is 0 Å². The van der Waals surface area contributed by atoms with Crippen LogP contribution in [0.4, 0.5) is 5.69 Å². The predicted octanol–water partition coefficient (Wildman–Crippen LogP) is 3.77. The summed E-state index contributed by atoms with van der Waals surface area (Å²) < 4.78 is 7.20. The van der Waals surface area contributed by atoms with Crippen molar-refractivity contribution >= 4 is 56.1 Å². The summed E-state index contributed by atoms with van der Waals surface area (Å²) in [4.78, 5) is 24.3. The number of amides is 1. The van der Waals surface area contributed by atoms with E-state index in [1.165, 1.54) is 0 Å². The molecular weight excluding hydrogens is 461 g/mol. The lowest BCUT2D eigenvalue weighted by molar-refractivity contribution is -0.125. The molecule has 1 amide bonds. The first-order chi connectivity index (χ1) is 10.5. The minimum Gasteiger partial charge on any atom is -0.448 e. The van der Waals surface area contributed by atoms with Crippen LogP contribution in [0.3, 0.4) is 0 Å². The van der Waals surface area contributed by atoms with Gasteiger partial charge in [0.25, 0.3) is 5.91 Å². The molecule has 4 nitrogen and oxygen atoms in total. The van der Waals surface area contributed by atoms with Crippen LogP contribution < -0.4 is 5.32 Å². The van der Waals surface area contributed by atoms with Gasteiger partial charge in [-0.2, -0.15) is 0 Å². The number of ether oxygens (including phenoxy) is 1. The standard InChI is InChI=1S/C16H11BrINO3/c17-10-1-6-13-9(7-10)8-14(22-16(13)21)15(20)19-12-4-2-11(18)3-5-12/h1-7,14H,8H2,(H,19,20). The second kappa shape index (κ2) is 6.37. The van der Waals surface area contributed by atoms with Gasteiger partial charge in [0.05, 0.1) is 5.56 Å². The third-order valence-electron chi connectivity index (χ3n) is 3.35. The van der Waals surface area contributed by atoms with Crippen molar-refractivity contribution in [2.24, 2.45) is 0 Å². The highest BCUT2D eigenvalue weighted by atomic mass is 127. The summed E-state index contributed by atoms with van der Waals surface area (Å²) in [5.41, 5.74) is 2.01. The molecule has 0 aromatic heterocycles. The van der Waals surface area contributed by atoms with Crippen molar-refractivity contribution in [3.05, 3.63) is 61.6 Å². The zero-order chi connectivity index (χ0) is 15.7. The molecule has 1 N–H and O–H groups in total. The fourth-order valence-corrected chi connectivity index (χ4v) is 3.03. The summed E-state index contributed by atoms with van der Waals surface area (Å²) in [6.07, 6.45) is -0.440. The normalized spacial score (nSPS) is 16.6. The molecule has 0 fully saturated rings. The van der Waals surface area contributed by atoms with E-state index < -0.39 is 12.1 Å². The monoisotopic (exact) mass is 471 g/mol. The number of fused-ring (bicyclic) bond motifs is 1. The van der Waals surface area contributed by atoms with Gasteiger partial charge in [0.2, 0.25) is 0 Å². The number of hydrogen-bond donors (Lipinski definition) is 1. The predicted molar refractivity (Wildman–Crippen MR) is 94.8 cm³/mol. The Balaban J connectivity index is 1.77. The molecule has 1 atom stereocenters. The van der Waals surface area contributed by atoms with Gasteiger partial charge in [-0.3, -0.25) is 4.79 Å². The SMILES string of the molecule is O=C1OC(C(=O)Nc2ccc(I)cc2)Cc2cc(Br)ccc21. The van der Waals surface area contributed by atoms with Gasteiger partial charge in [-0.05, 0) is 70.6 Å². The maximum absolute atomic E-state index is 12.3. The van der Waals surface area contributed by atoms with Crippen LogP contribution in [0.2, 0.25) is 0 Å². The summed E-state index contributed by atoms with van der Waals surface area (Å²) in [6.45, 7) is 0. The van der Waals surface area contributed by atoms with Crippen LogP contribution in [-0.4, -0.2) is 18.0 Å². The fraction of sp³-hybridized carbons (Fsp3) is 0.125. The highest BCUT2D eigenvalue weighted by Crippen LogP contribution is 2.25. The van der Waals surface area contributed by atoms with E-state index in [4.69, 9.17) is 4.74 Å². The van der Waals surface area contributed by atoms with Crippen LogP contribution in [0.5, 0.6) is 0 Å². The molecule has 2 aromatic rings. The zero-order valence-corrected chi connectivity index (χ0v) is 15.1. The largest absolute Gasteiger partial charge is 0.448 e. The van der Waals surface area contributed by atoms with Crippen molar-refractivity contribution in [1.82, 2.24) is 0 Å². The lowest BCUT2D eigenvalue weighted by atomic mass is 9.98. The molecule has 0 saturated carbocycles. The topological polar surface area (TPSA) is 55.4 Å². The van der Waals surface area contributed by atoms with Crippen LogP contribution in [0.25, 0.3) is 0 Å². The van der Waals surface area contributed by atoms with E-state index in [1.807, 2.05) is 30.3 Å². The number of carbonyl (C=O) groups excluding carboxylic acids is 2. The van der Waals surface area contributed by atoms with Crippen molar-refractivity contribution in [3.8, 4) is 0 Å².